The maximum atomic E-state index is 11.9. The Bertz CT molecular complexity index is 707. The van der Waals surface area contributed by atoms with Crippen LogP contribution in [0.25, 0.3) is 6.08 Å². The Hall–Kier alpha value is -2.76. The van der Waals surface area contributed by atoms with E-state index in [9.17, 15) is 4.79 Å². The van der Waals surface area contributed by atoms with Crippen LogP contribution in [0.3, 0.4) is 0 Å². The minimum absolute atomic E-state index is 0.240. The van der Waals surface area contributed by atoms with E-state index in [2.05, 4.69) is 17.3 Å². The zero-order chi connectivity index (χ0) is 17.4. The summed E-state index contributed by atoms with van der Waals surface area (Å²) in [5.74, 6) is 1.64. The molecule has 0 aliphatic rings. The molecule has 0 bridgehead atoms. The van der Waals surface area contributed by atoms with Gasteiger partial charge in [0.15, 0.2) is 17.3 Å². The number of aromatic nitrogens is 2. The van der Waals surface area contributed by atoms with E-state index in [0.29, 0.717) is 23.9 Å². The summed E-state index contributed by atoms with van der Waals surface area (Å²) in [5, 5.41) is 6.79. The van der Waals surface area contributed by atoms with Crippen molar-refractivity contribution in [1.29, 1.82) is 0 Å². The molecule has 0 aliphatic heterocycles. The zero-order valence-electron chi connectivity index (χ0n) is 14.3. The Labute approximate surface area is 142 Å². The van der Waals surface area contributed by atoms with Gasteiger partial charge in [-0.25, -0.2) is 0 Å². The summed E-state index contributed by atoms with van der Waals surface area (Å²) in [5.41, 5.74) is 0.853. The van der Waals surface area contributed by atoms with Gasteiger partial charge < -0.3 is 14.8 Å². The molecule has 0 aliphatic carbocycles. The SMILES string of the molecule is CCCCOc1ccc(/C=C/C(=O)Nc2ccn(C)n2)cc1OC. The van der Waals surface area contributed by atoms with Gasteiger partial charge in [0.2, 0.25) is 5.91 Å². The first kappa shape index (κ1) is 17.6. The lowest BCUT2D eigenvalue weighted by molar-refractivity contribution is -0.111. The predicted molar refractivity (Wildman–Crippen MR) is 94.3 cm³/mol. The van der Waals surface area contributed by atoms with Crippen molar-refractivity contribution in [1.82, 2.24) is 9.78 Å². The topological polar surface area (TPSA) is 65.4 Å². The molecule has 0 spiro atoms. The van der Waals surface area contributed by atoms with Crippen molar-refractivity contribution in [3.63, 3.8) is 0 Å². The molecular formula is C18H23N3O3. The van der Waals surface area contributed by atoms with Gasteiger partial charge >= 0.3 is 0 Å². The Morgan fingerprint density at radius 2 is 2.17 bits per heavy atom. The monoisotopic (exact) mass is 329 g/mol. The Morgan fingerprint density at radius 1 is 1.33 bits per heavy atom. The second kappa shape index (κ2) is 8.76. The molecule has 6 nitrogen and oxygen atoms in total. The lowest BCUT2D eigenvalue weighted by Crippen LogP contribution is -2.08. The van der Waals surface area contributed by atoms with Crippen LogP contribution >= 0.6 is 0 Å². The summed E-state index contributed by atoms with van der Waals surface area (Å²) in [6.07, 6.45) is 7.02. The number of unbranched alkanes of at least 4 members (excludes halogenated alkanes) is 1. The fraction of sp³-hybridized carbons (Fsp3) is 0.333. The number of benzene rings is 1. The maximum absolute atomic E-state index is 11.9. The molecule has 1 amide bonds. The molecule has 0 saturated heterocycles. The van der Waals surface area contributed by atoms with Gasteiger partial charge in [-0.15, -0.1) is 0 Å². The number of nitrogens with zero attached hydrogens (tertiary/aromatic N) is 2. The van der Waals surface area contributed by atoms with Crippen molar-refractivity contribution in [2.45, 2.75) is 19.8 Å². The third kappa shape index (κ3) is 5.15. The van der Waals surface area contributed by atoms with Gasteiger partial charge in [-0.1, -0.05) is 19.4 Å². The van der Waals surface area contributed by atoms with E-state index in [0.717, 1.165) is 18.4 Å². The molecule has 0 fully saturated rings. The molecule has 128 valence electrons. The van der Waals surface area contributed by atoms with Crippen molar-refractivity contribution in [2.24, 2.45) is 7.05 Å². The number of hydrogen-bond donors (Lipinski definition) is 1. The summed E-state index contributed by atoms with van der Waals surface area (Å²) < 4.78 is 12.7. The lowest BCUT2D eigenvalue weighted by Gasteiger charge is -2.10. The van der Waals surface area contributed by atoms with Gasteiger partial charge in [-0.05, 0) is 30.2 Å². The molecule has 2 rings (SSSR count). The van der Waals surface area contributed by atoms with Crippen molar-refractivity contribution >= 4 is 17.8 Å². The second-order valence-electron chi connectivity index (χ2n) is 5.31. The molecule has 1 heterocycles. The van der Waals surface area contributed by atoms with Crippen molar-refractivity contribution in [3.8, 4) is 11.5 Å². The molecule has 1 aromatic heterocycles. The number of rotatable bonds is 8. The highest BCUT2D eigenvalue weighted by molar-refractivity contribution is 6.01. The predicted octanol–water partition coefficient (Wildman–Crippen LogP) is 3.26. The second-order valence-corrected chi connectivity index (χ2v) is 5.31. The first-order valence-electron chi connectivity index (χ1n) is 7.92. The normalized spacial score (nSPS) is 10.8. The third-order valence-corrected chi connectivity index (χ3v) is 3.34. The van der Waals surface area contributed by atoms with Crippen LogP contribution in [0.2, 0.25) is 0 Å². The summed E-state index contributed by atoms with van der Waals surface area (Å²) in [6, 6.07) is 7.31. The fourth-order valence-corrected chi connectivity index (χ4v) is 2.06. The van der Waals surface area contributed by atoms with E-state index in [4.69, 9.17) is 9.47 Å². The summed E-state index contributed by atoms with van der Waals surface area (Å²) in [4.78, 5) is 11.9. The van der Waals surface area contributed by atoms with Crippen LogP contribution in [0, 0.1) is 0 Å². The first-order chi connectivity index (χ1) is 11.6. The van der Waals surface area contributed by atoms with Gasteiger partial charge in [0, 0.05) is 25.4 Å². The van der Waals surface area contributed by atoms with Crippen molar-refractivity contribution in [3.05, 3.63) is 42.1 Å². The van der Waals surface area contributed by atoms with Gasteiger partial charge in [0.25, 0.3) is 0 Å². The van der Waals surface area contributed by atoms with Crippen molar-refractivity contribution < 1.29 is 14.3 Å². The first-order valence-corrected chi connectivity index (χ1v) is 7.92. The van der Waals surface area contributed by atoms with Crippen LogP contribution in [0.15, 0.2) is 36.5 Å². The van der Waals surface area contributed by atoms with E-state index in [-0.39, 0.29) is 5.91 Å². The van der Waals surface area contributed by atoms with Crippen LogP contribution < -0.4 is 14.8 Å². The van der Waals surface area contributed by atoms with Crippen LogP contribution in [0.4, 0.5) is 5.82 Å². The van der Waals surface area contributed by atoms with Crippen LogP contribution in [-0.2, 0) is 11.8 Å². The van der Waals surface area contributed by atoms with Gasteiger partial charge in [-0.3, -0.25) is 9.48 Å². The number of carbonyl (C=O) groups excluding carboxylic acids is 1. The molecule has 1 aromatic carbocycles. The molecule has 0 unspecified atom stereocenters. The fourth-order valence-electron chi connectivity index (χ4n) is 2.06. The highest BCUT2D eigenvalue weighted by atomic mass is 16.5. The highest BCUT2D eigenvalue weighted by Crippen LogP contribution is 2.28. The zero-order valence-corrected chi connectivity index (χ0v) is 14.3. The molecule has 2 aromatic rings. The summed E-state index contributed by atoms with van der Waals surface area (Å²) in [7, 11) is 3.39. The molecular weight excluding hydrogens is 306 g/mol. The molecule has 0 saturated carbocycles. The number of nitrogens with one attached hydrogen (secondary N) is 1. The van der Waals surface area contributed by atoms with Crippen LogP contribution in [0.1, 0.15) is 25.3 Å². The average molecular weight is 329 g/mol. The smallest absolute Gasteiger partial charge is 0.249 e. The Balaban J connectivity index is 1.99. The van der Waals surface area contributed by atoms with Crippen LogP contribution in [-0.4, -0.2) is 29.4 Å². The van der Waals surface area contributed by atoms with E-state index in [1.54, 1.807) is 37.2 Å². The largest absolute Gasteiger partial charge is 0.493 e. The van der Waals surface area contributed by atoms with E-state index in [1.807, 2.05) is 18.2 Å². The van der Waals surface area contributed by atoms with Crippen molar-refractivity contribution in [2.75, 3.05) is 19.0 Å². The van der Waals surface area contributed by atoms with Gasteiger partial charge in [0.1, 0.15) is 0 Å². The van der Waals surface area contributed by atoms with E-state index in [1.165, 1.54) is 6.08 Å². The van der Waals surface area contributed by atoms with Gasteiger partial charge in [-0.2, -0.15) is 5.10 Å². The molecule has 1 N–H and O–H groups in total. The summed E-state index contributed by atoms with van der Waals surface area (Å²) >= 11 is 0. The lowest BCUT2D eigenvalue weighted by atomic mass is 10.2. The maximum Gasteiger partial charge on any atom is 0.249 e. The third-order valence-electron chi connectivity index (χ3n) is 3.34. The van der Waals surface area contributed by atoms with Gasteiger partial charge in [0.05, 0.1) is 13.7 Å². The van der Waals surface area contributed by atoms with Crippen LogP contribution in [0.5, 0.6) is 11.5 Å². The minimum Gasteiger partial charge on any atom is -0.493 e. The number of aryl methyl sites for hydroxylation is 1. The number of anilines is 1. The van der Waals surface area contributed by atoms with E-state index >= 15 is 0 Å². The highest BCUT2D eigenvalue weighted by Gasteiger charge is 2.05. The Morgan fingerprint density at radius 3 is 2.83 bits per heavy atom. The number of hydrogen-bond acceptors (Lipinski definition) is 4. The number of ether oxygens (including phenoxy) is 2. The minimum atomic E-state index is -0.240. The number of methoxy groups -OCH3 is 1. The molecule has 0 atom stereocenters. The standard InChI is InChI=1S/C18H23N3O3/c1-4-5-12-24-15-8-6-14(13-16(15)23-3)7-9-18(22)19-17-10-11-21(2)20-17/h6-11,13H,4-5,12H2,1-3H3,(H,19,20,22)/b9-7+. The molecule has 0 radical (unpaired) electrons. The molecule has 6 heteroatoms. The quantitative estimate of drug-likeness (QED) is 0.596. The number of carbonyl (C=O) groups is 1. The summed E-state index contributed by atoms with van der Waals surface area (Å²) in [6.45, 7) is 2.78. The molecule has 24 heavy (non-hydrogen) atoms. The average Bonchev–Trinajstić information content (AvgIpc) is 2.98. The number of amides is 1. The van der Waals surface area contributed by atoms with E-state index < -0.39 is 0 Å². The Kier molecular flexibility index (Phi) is 6.42.